The van der Waals surface area contributed by atoms with E-state index in [1.54, 1.807) is 54.6 Å². The largest absolute Gasteiger partial charge is 0.454 e. The van der Waals surface area contributed by atoms with Gasteiger partial charge in [-0.15, -0.1) is 0 Å². The summed E-state index contributed by atoms with van der Waals surface area (Å²) in [7, 11) is -3.79. The van der Waals surface area contributed by atoms with Crippen molar-refractivity contribution in [1.82, 2.24) is 5.32 Å². The van der Waals surface area contributed by atoms with Gasteiger partial charge in [-0.05, 0) is 73.5 Å². The molecule has 0 aromatic heterocycles. The number of anilines is 2. The molecule has 0 saturated carbocycles. The highest BCUT2D eigenvalue weighted by atomic mass is 32.2. The third-order valence-corrected chi connectivity index (χ3v) is 6.61. The molecule has 0 saturated heterocycles. The summed E-state index contributed by atoms with van der Waals surface area (Å²) < 4.78 is 38.4. The van der Waals surface area contributed by atoms with Crippen molar-refractivity contribution in [1.29, 1.82) is 0 Å². The topological polar surface area (TPSA) is 123 Å². The lowest BCUT2D eigenvalue weighted by Gasteiger charge is -2.12. The molecular formula is C24H23N3O6S. The van der Waals surface area contributed by atoms with Gasteiger partial charge in [0.2, 0.25) is 12.7 Å². The fraction of sp³-hybridized carbons (Fsp3) is 0.167. The first-order valence-corrected chi connectivity index (χ1v) is 11.9. The standard InChI is InChI=1S/C24H23N3O6S/c1-15-6-8-20(10-16(15)2)34(30,31)27-19-5-3-4-18(12-19)26-23(28)13-25-24(29)17-7-9-21-22(11-17)33-14-32-21/h3-12,27H,13-14H2,1-2H3,(H,25,29)(H,26,28). The minimum Gasteiger partial charge on any atom is -0.454 e. The van der Waals surface area contributed by atoms with Crippen molar-refractivity contribution >= 4 is 33.2 Å². The predicted octanol–water partition coefficient (Wildman–Crippen LogP) is 3.20. The molecule has 0 aliphatic carbocycles. The van der Waals surface area contributed by atoms with Crippen molar-refractivity contribution in [2.75, 3.05) is 23.4 Å². The maximum atomic E-state index is 12.7. The summed E-state index contributed by atoms with van der Waals surface area (Å²) in [6.07, 6.45) is 0. The van der Waals surface area contributed by atoms with Crippen LogP contribution in [0.15, 0.2) is 65.6 Å². The SMILES string of the molecule is Cc1ccc(S(=O)(=O)Nc2cccc(NC(=O)CNC(=O)c3ccc4c(c3)OCO4)c2)cc1C. The van der Waals surface area contributed by atoms with Gasteiger partial charge in [0.25, 0.3) is 15.9 Å². The number of sulfonamides is 1. The number of nitrogens with one attached hydrogen (secondary N) is 3. The number of fused-ring (bicyclic) bond motifs is 1. The van der Waals surface area contributed by atoms with E-state index in [1.165, 1.54) is 6.07 Å². The molecule has 176 valence electrons. The van der Waals surface area contributed by atoms with Gasteiger partial charge in [0.15, 0.2) is 11.5 Å². The molecular weight excluding hydrogens is 458 g/mol. The van der Waals surface area contributed by atoms with Crippen molar-refractivity contribution in [2.45, 2.75) is 18.7 Å². The molecule has 0 unspecified atom stereocenters. The molecule has 34 heavy (non-hydrogen) atoms. The van der Waals surface area contributed by atoms with Gasteiger partial charge in [0.1, 0.15) is 0 Å². The highest BCUT2D eigenvalue weighted by Crippen LogP contribution is 2.32. The lowest BCUT2D eigenvalue weighted by atomic mass is 10.1. The molecule has 9 nitrogen and oxygen atoms in total. The fourth-order valence-corrected chi connectivity index (χ4v) is 4.40. The number of carbonyl (C=O) groups is 2. The zero-order valence-corrected chi connectivity index (χ0v) is 19.4. The van der Waals surface area contributed by atoms with Crippen LogP contribution in [0.5, 0.6) is 11.5 Å². The normalized spacial score (nSPS) is 12.2. The highest BCUT2D eigenvalue weighted by molar-refractivity contribution is 7.92. The Kier molecular flexibility index (Phi) is 6.42. The summed E-state index contributed by atoms with van der Waals surface area (Å²) in [6.45, 7) is 3.58. The summed E-state index contributed by atoms with van der Waals surface area (Å²) in [6, 6.07) is 15.9. The summed E-state index contributed by atoms with van der Waals surface area (Å²) in [4.78, 5) is 24.8. The Bertz CT molecular complexity index is 1370. The predicted molar refractivity (Wildman–Crippen MR) is 127 cm³/mol. The zero-order chi connectivity index (χ0) is 24.3. The van der Waals surface area contributed by atoms with Gasteiger partial charge in [-0.3, -0.25) is 14.3 Å². The molecule has 10 heteroatoms. The van der Waals surface area contributed by atoms with Gasteiger partial charge in [-0.25, -0.2) is 8.42 Å². The molecule has 3 N–H and O–H groups in total. The first-order chi connectivity index (χ1) is 16.2. The van der Waals surface area contributed by atoms with Gasteiger partial charge < -0.3 is 20.1 Å². The summed E-state index contributed by atoms with van der Waals surface area (Å²) in [5.74, 6) is 0.117. The summed E-state index contributed by atoms with van der Waals surface area (Å²) in [5, 5.41) is 5.18. The maximum absolute atomic E-state index is 12.7. The van der Waals surface area contributed by atoms with Crippen LogP contribution in [0.3, 0.4) is 0 Å². The van der Waals surface area contributed by atoms with Crippen molar-refractivity contribution < 1.29 is 27.5 Å². The third kappa shape index (κ3) is 5.29. The molecule has 4 rings (SSSR count). The highest BCUT2D eigenvalue weighted by Gasteiger charge is 2.17. The van der Waals surface area contributed by atoms with E-state index in [-0.39, 0.29) is 18.2 Å². The minimum absolute atomic E-state index is 0.0999. The zero-order valence-electron chi connectivity index (χ0n) is 18.5. The second-order valence-electron chi connectivity index (χ2n) is 7.73. The van der Waals surface area contributed by atoms with Crippen molar-refractivity contribution in [3.05, 3.63) is 77.4 Å². The maximum Gasteiger partial charge on any atom is 0.261 e. The van der Waals surface area contributed by atoms with Crippen molar-refractivity contribution in [2.24, 2.45) is 0 Å². The van der Waals surface area contributed by atoms with E-state index >= 15 is 0 Å². The van der Waals surface area contributed by atoms with E-state index in [9.17, 15) is 18.0 Å². The molecule has 1 aliphatic rings. The Labute approximate surface area is 197 Å². The Morgan fingerprint density at radius 1 is 0.882 bits per heavy atom. The minimum atomic E-state index is -3.79. The van der Waals surface area contributed by atoms with Gasteiger partial charge in [-0.1, -0.05) is 12.1 Å². The van der Waals surface area contributed by atoms with Gasteiger partial charge >= 0.3 is 0 Å². The van der Waals surface area contributed by atoms with E-state index in [0.29, 0.717) is 28.4 Å². The molecule has 1 aliphatic heterocycles. The molecule has 0 atom stereocenters. The Balaban J connectivity index is 1.35. The second kappa shape index (κ2) is 9.44. The number of amides is 2. The smallest absolute Gasteiger partial charge is 0.261 e. The van der Waals surface area contributed by atoms with Crippen LogP contribution in [-0.2, 0) is 14.8 Å². The number of aryl methyl sites for hydroxylation is 2. The van der Waals surface area contributed by atoms with Crippen LogP contribution in [0.1, 0.15) is 21.5 Å². The average molecular weight is 482 g/mol. The van der Waals surface area contributed by atoms with Crippen LogP contribution >= 0.6 is 0 Å². The monoisotopic (exact) mass is 481 g/mol. The van der Waals surface area contributed by atoms with E-state index in [0.717, 1.165) is 11.1 Å². The van der Waals surface area contributed by atoms with Crippen LogP contribution in [0.25, 0.3) is 0 Å². The van der Waals surface area contributed by atoms with E-state index in [1.807, 2.05) is 13.8 Å². The molecule has 0 radical (unpaired) electrons. The van der Waals surface area contributed by atoms with Crippen LogP contribution in [-0.4, -0.2) is 33.6 Å². The molecule has 0 bridgehead atoms. The van der Waals surface area contributed by atoms with Crippen LogP contribution in [0, 0.1) is 13.8 Å². The second-order valence-corrected chi connectivity index (χ2v) is 9.41. The molecule has 0 fully saturated rings. The fourth-order valence-electron chi connectivity index (χ4n) is 3.26. The number of hydrogen-bond acceptors (Lipinski definition) is 6. The van der Waals surface area contributed by atoms with Crippen LogP contribution < -0.4 is 24.8 Å². The molecule has 3 aromatic carbocycles. The number of rotatable bonds is 7. The summed E-state index contributed by atoms with van der Waals surface area (Å²) in [5.41, 5.74) is 2.86. The molecule has 1 heterocycles. The molecule has 0 spiro atoms. The first kappa shape index (κ1) is 23.1. The first-order valence-electron chi connectivity index (χ1n) is 10.4. The van der Waals surface area contributed by atoms with Crippen molar-refractivity contribution in [3.63, 3.8) is 0 Å². The van der Waals surface area contributed by atoms with Gasteiger partial charge in [0, 0.05) is 11.3 Å². The number of ether oxygens (including phenoxy) is 2. The van der Waals surface area contributed by atoms with Crippen molar-refractivity contribution in [3.8, 4) is 11.5 Å². The van der Waals surface area contributed by atoms with Gasteiger partial charge in [0.05, 0.1) is 17.1 Å². The Morgan fingerprint density at radius 2 is 1.65 bits per heavy atom. The number of carbonyl (C=O) groups excluding carboxylic acids is 2. The number of benzene rings is 3. The van der Waals surface area contributed by atoms with Crippen LogP contribution in [0.2, 0.25) is 0 Å². The lowest BCUT2D eigenvalue weighted by Crippen LogP contribution is -2.32. The van der Waals surface area contributed by atoms with E-state index < -0.39 is 21.8 Å². The Morgan fingerprint density at radius 3 is 2.44 bits per heavy atom. The van der Waals surface area contributed by atoms with E-state index in [4.69, 9.17) is 9.47 Å². The average Bonchev–Trinajstić information content (AvgIpc) is 3.27. The Hall–Kier alpha value is -4.05. The summed E-state index contributed by atoms with van der Waals surface area (Å²) >= 11 is 0. The molecule has 2 amide bonds. The number of hydrogen-bond donors (Lipinski definition) is 3. The van der Waals surface area contributed by atoms with E-state index in [2.05, 4.69) is 15.4 Å². The molecule has 3 aromatic rings. The lowest BCUT2D eigenvalue weighted by molar-refractivity contribution is -0.115. The third-order valence-electron chi connectivity index (χ3n) is 5.23. The van der Waals surface area contributed by atoms with Gasteiger partial charge in [-0.2, -0.15) is 0 Å². The van der Waals surface area contributed by atoms with Crippen LogP contribution in [0.4, 0.5) is 11.4 Å². The quantitative estimate of drug-likeness (QED) is 0.476.